The van der Waals surface area contributed by atoms with Crippen LogP contribution in [0.15, 0.2) is 24.3 Å². The predicted molar refractivity (Wildman–Crippen MR) is 45.8 cm³/mol. The highest BCUT2D eigenvalue weighted by Gasteiger charge is 1.88. The number of benzene rings is 1. The summed E-state index contributed by atoms with van der Waals surface area (Å²) < 4.78 is 0. The topological polar surface area (TPSA) is 49.8 Å². The Morgan fingerprint density at radius 2 is 1.82 bits per heavy atom. The van der Waals surface area contributed by atoms with Crippen molar-refractivity contribution in [3.63, 3.8) is 0 Å². The lowest BCUT2D eigenvalue weighted by molar-refractivity contribution is 1.07. The quantitative estimate of drug-likeness (QED) is 0.658. The molecule has 11 heavy (non-hydrogen) atoms. The van der Waals surface area contributed by atoms with E-state index < -0.39 is 0 Å². The summed E-state index contributed by atoms with van der Waals surface area (Å²) in [6.45, 7) is 0.533. The maximum Gasteiger partial charge on any atom is 0.0991 e. The van der Waals surface area contributed by atoms with Gasteiger partial charge in [-0.1, -0.05) is 19.6 Å². The Labute approximate surface area is 67.3 Å². The molecule has 0 bridgehead atoms. The molecule has 0 aromatic heterocycles. The fourth-order valence-electron chi connectivity index (χ4n) is 0.715. The van der Waals surface area contributed by atoms with Crippen LogP contribution in [-0.4, -0.2) is 0 Å². The third kappa shape index (κ3) is 2.40. The lowest BCUT2D eigenvalue weighted by atomic mass is 10.1. The summed E-state index contributed by atoms with van der Waals surface area (Å²) in [5, 5.41) is 8.42. The van der Waals surface area contributed by atoms with Gasteiger partial charge >= 0.3 is 0 Å². The van der Waals surface area contributed by atoms with Crippen LogP contribution in [0.5, 0.6) is 0 Å². The van der Waals surface area contributed by atoms with E-state index in [1.165, 1.54) is 0 Å². The van der Waals surface area contributed by atoms with Crippen molar-refractivity contribution < 1.29 is 0 Å². The molecule has 0 aliphatic carbocycles. The van der Waals surface area contributed by atoms with Gasteiger partial charge in [0.2, 0.25) is 0 Å². The SMILES string of the molecule is C.N#Cc1ccc(CN)cc1. The van der Waals surface area contributed by atoms with E-state index in [1.54, 1.807) is 12.1 Å². The van der Waals surface area contributed by atoms with Gasteiger partial charge in [-0.15, -0.1) is 0 Å². The fraction of sp³-hybridized carbons (Fsp3) is 0.222. The lowest BCUT2D eigenvalue weighted by Crippen LogP contribution is -1.94. The molecule has 0 heterocycles. The van der Waals surface area contributed by atoms with Gasteiger partial charge in [-0.25, -0.2) is 0 Å². The maximum absolute atomic E-state index is 8.42. The van der Waals surface area contributed by atoms with E-state index >= 15 is 0 Å². The minimum absolute atomic E-state index is 0. The first-order valence-corrected chi connectivity index (χ1v) is 3.06. The van der Waals surface area contributed by atoms with Crippen LogP contribution in [0.3, 0.4) is 0 Å². The Balaban J connectivity index is 0.000001000. The molecule has 1 aromatic carbocycles. The summed E-state index contributed by atoms with van der Waals surface area (Å²) in [6, 6.07) is 9.29. The van der Waals surface area contributed by atoms with E-state index in [9.17, 15) is 0 Å². The summed E-state index contributed by atoms with van der Waals surface area (Å²) in [6.07, 6.45) is 0. The van der Waals surface area contributed by atoms with Crippen LogP contribution in [0.25, 0.3) is 0 Å². The second kappa shape index (κ2) is 4.48. The first-order valence-electron chi connectivity index (χ1n) is 3.06. The summed E-state index contributed by atoms with van der Waals surface area (Å²) in [5.74, 6) is 0. The van der Waals surface area contributed by atoms with Crippen LogP contribution in [0, 0.1) is 11.3 Å². The number of nitrogens with zero attached hydrogens (tertiary/aromatic N) is 1. The number of hydrogen-bond acceptors (Lipinski definition) is 2. The molecular weight excluding hydrogens is 136 g/mol. The van der Waals surface area contributed by atoms with E-state index in [4.69, 9.17) is 11.0 Å². The molecule has 0 aliphatic heterocycles. The highest BCUT2D eigenvalue weighted by Crippen LogP contribution is 2.01. The van der Waals surface area contributed by atoms with Gasteiger partial charge in [-0.2, -0.15) is 5.26 Å². The predicted octanol–water partition coefficient (Wildman–Crippen LogP) is 1.65. The highest BCUT2D eigenvalue weighted by atomic mass is 14.5. The molecule has 58 valence electrons. The minimum Gasteiger partial charge on any atom is -0.326 e. The third-order valence-corrected chi connectivity index (χ3v) is 1.32. The zero-order valence-corrected chi connectivity index (χ0v) is 5.54. The van der Waals surface area contributed by atoms with Gasteiger partial charge in [0.25, 0.3) is 0 Å². The van der Waals surface area contributed by atoms with Gasteiger partial charge in [0.1, 0.15) is 0 Å². The average Bonchev–Trinajstić information content (AvgIpc) is 2.05. The molecule has 0 unspecified atom stereocenters. The van der Waals surface area contributed by atoms with Gasteiger partial charge in [-0.05, 0) is 17.7 Å². The molecule has 1 rings (SSSR count). The maximum atomic E-state index is 8.42. The van der Waals surface area contributed by atoms with Crippen LogP contribution < -0.4 is 5.73 Å². The molecule has 0 amide bonds. The second-order valence-electron chi connectivity index (χ2n) is 2.01. The number of nitriles is 1. The van der Waals surface area contributed by atoms with Gasteiger partial charge in [-0.3, -0.25) is 0 Å². The number of nitrogens with two attached hydrogens (primary N) is 1. The fourth-order valence-corrected chi connectivity index (χ4v) is 0.715. The van der Waals surface area contributed by atoms with Crippen molar-refractivity contribution in [1.82, 2.24) is 0 Å². The molecule has 0 atom stereocenters. The Kier molecular flexibility index (Phi) is 3.94. The molecular formula is C9H12N2. The zero-order chi connectivity index (χ0) is 7.40. The smallest absolute Gasteiger partial charge is 0.0991 e. The molecule has 2 nitrogen and oxygen atoms in total. The normalized spacial score (nSPS) is 8.00. The largest absolute Gasteiger partial charge is 0.326 e. The molecule has 1 aromatic rings. The standard InChI is InChI=1S/C8H8N2.CH4/c9-5-7-1-2-8(6-10)4-3-7;/h1-4H,5,9H2;1H4. The van der Waals surface area contributed by atoms with Crippen LogP contribution in [0.1, 0.15) is 18.6 Å². The molecule has 2 N–H and O–H groups in total. The van der Waals surface area contributed by atoms with Crippen LogP contribution in [-0.2, 0) is 6.54 Å². The Morgan fingerprint density at radius 3 is 2.18 bits per heavy atom. The van der Waals surface area contributed by atoms with Crippen LogP contribution in [0.2, 0.25) is 0 Å². The van der Waals surface area contributed by atoms with Crippen molar-refractivity contribution in [1.29, 1.82) is 5.26 Å². The summed E-state index contributed by atoms with van der Waals surface area (Å²) in [4.78, 5) is 0. The molecule has 0 spiro atoms. The summed E-state index contributed by atoms with van der Waals surface area (Å²) in [7, 11) is 0. The first-order chi connectivity index (χ1) is 4.86. The van der Waals surface area contributed by atoms with Crippen molar-refractivity contribution in [2.45, 2.75) is 14.0 Å². The average molecular weight is 148 g/mol. The summed E-state index contributed by atoms with van der Waals surface area (Å²) >= 11 is 0. The Morgan fingerprint density at radius 1 is 1.27 bits per heavy atom. The molecule has 0 fully saturated rings. The van der Waals surface area contributed by atoms with E-state index in [0.717, 1.165) is 5.56 Å². The number of hydrogen-bond donors (Lipinski definition) is 1. The van der Waals surface area contributed by atoms with Crippen molar-refractivity contribution in [2.75, 3.05) is 0 Å². The molecule has 0 saturated heterocycles. The van der Waals surface area contributed by atoms with Crippen LogP contribution in [0.4, 0.5) is 0 Å². The van der Waals surface area contributed by atoms with E-state index in [1.807, 2.05) is 18.2 Å². The Bertz CT molecular complexity index is 243. The van der Waals surface area contributed by atoms with Crippen molar-refractivity contribution >= 4 is 0 Å². The molecule has 2 heteroatoms. The molecule has 0 radical (unpaired) electrons. The van der Waals surface area contributed by atoms with Crippen LogP contribution >= 0.6 is 0 Å². The summed E-state index contributed by atoms with van der Waals surface area (Å²) in [5.41, 5.74) is 7.09. The first kappa shape index (κ1) is 9.67. The molecule has 0 aliphatic rings. The molecule has 0 saturated carbocycles. The van der Waals surface area contributed by atoms with Crippen molar-refractivity contribution in [2.24, 2.45) is 5.73 Å². The van der Waals surface area contributed by atoms with Crippen molar-refractivity contribution in [3.05, 3.63) is 35.4 Å². The minimum atomic E-state index is 0. The number of rotatable bonds is 1. The van der Waals surface area contributed by atoms with Crippen molar-refractivity contribution in [3.8, 4) is 6.07 Å². The monoisotopic (exact) mass is 148 g/mol. The van der Waals surface area contributed by atoms with Gasteiger partial charge in [0, 0.05) is 6.54 Å². The third-order valence-electron chi connectivity index (χ3n) is 1.32. The van der Waals surface area contributed by atoms with Gasteiger partial charge < -0.3 is 5.73 Å². The Hall–Kier alpha value is -1.33. The van der Waals surface area contributed by atoms with E-state index in [0.29, 0.717) is 12.1 Å². The van der Waals surface area contributed by atoms with E-state index in [-0.39, 0.29) is 7.43 Å². The van der Waals surface area contributed by atoms with Gasteiger partial charge in [0.15, 0.2) is 0 Å². The lowest BCUT2D eigenvalue weighted by Gasteiger charge is -1.93. The second-order valence-corrected chi connectivity index (χ2v) is 2.01. The van der Waals surface area contributed by atoms with Gasteiger partial charge in [0.05, 0.1) is 11.6 Å². The zero-order valence-electron chi connectivity index (χ0n) is 5.54. The van der Waals surface area contributed by atoms with E-state index in [2.05, 4.69) is 0 Å². The highest BCUT2D eigenvalue weighted by molar-refractivity contribution is 5.31.